The minimum Gasteiger partial charge on any atom is -0.290 e. The molecule has 1 aromatic carbocycles. The normalized spacial score (nSPS) is 14.1. The smallest absolute Gasteiger partial charge is 0.0895 e. The molecule has 86 valence electrons. The van der Waals surface area contributed by atoms with Crippen molar-refractivity contribution in [2.75, 3.05) is 0 Å². The van der Waals surface area contributed by atoms with E-state index in [0.717, 1.165) is 11.1 Å². The average molecular weight is 234 g/mol. The molecular formula is C13H18N2S. The molecule has 1 atom stereocenters. The fourth-order valence-electron chi connectivity index (χ4n) is 1.10. The van der Waals surface area contributed by atoms with Crippen molar-refractivity contribution >= 4 is 25.1 Å². The lowest BCUT2D eigenvalue weighted by Gasteiger charge is -1.98. The Hall–Kier alpha value is -1.09. The van der Waals surface area contributed by atoms with Crippen molar-refractivity contribution in [3.63, 3.8) is 0 Å². The summed E-state index contributed by atoms with van der Waals surface area (Å²) in [6.07, 6.45) is 3.73. The summed E-state index contributed by atoms with van der Waals surface area (Å²) in [6.45, 7) is 6.06. The van der Waals surface area contributed by atoms with Gasteiger partial charge in [0.25, 0.3) is 0 Å². The lowest BCUT2D eigenvalue weighted by molar-refractivity contribution is 0.841. The molecule has 0 radical (unpaired) electrons. The van der Waals surface area contributed by atoms with E-state index in [1.54, 1.807) is 0 Å². The number of hydrogen-bond donors (Lipinski definition) is 1. The van der Waals surface area contributed by atoms with Gasteiger partial charge in [0.15, 0.2) is 0 Å². The summed E-state index contributed by atoms with van der Waals surface area (Å²) in [4.78, 5) is 8.53. The summed E-state index contributed by atoms with van der Waals surface area (Å²) in [5.41, 5.74) is 2.20. The first kappa shape index (κ1) is 13.0. The summed E-state index contributed by atoms with van der Waals surface area (Å²) < 4.78 is 0. The van der Waals surface area contributed by atoms with E-state index in [9.17, 15) is 0 Å². The maximum absolute atomic E-state index is 4.33. The highest BCUT2D eigenvalue weighted by molar-refractivity contribution is 7.80. The molecule has 0 saturated heterocycles. The van der Waals surface area contributed by atoms with Gasteiger partial charge in [-0.25, -0.2) is 0 Å². The van der Waals surface area contributed by atoms with E-state index in [1.165, 1.54) is 0 Å². The van der Waals surface area contributed by atoms with E-state index >= 15 is 0 Å². The molecule has 0 aliphatic heterocycles. The van der Waals surface area contributed by atoms with Crippen molar-refractivity contribution in [3.8, 4) is 0 Å². The van der Waals surface area contributed by atoms with Crippen LogP contribution in [0.4, 0.5) is 0 Å². The van der Waals surface area contributed by atoms with Crippen LogP contribution in [-0.2, 0) is 0 Å². The summed E-state index contributed by atoms with van der Waals surface area (Å²) in [5.74, 6) is 0. The predicted octanol–water partition coefficient (Wildman–Crippen LogP) is 3.21. The first-order valence-corrected chi connectivity index (χ1v) is 5.94. The van der Waals surface area contributed by atoms with Gasteiger partial charge in [-0.2, -0.15) is 12.6 Å². The van der Waals surface area contributed by atoms with Gasteiger partial charge >= 0.3 is 0 Å². The van der Waals surface area contributed by atoms with Gasteiger partial charge in [0.2, 0.25) is 0 Å². The van der Waals surface area contributed by atoms with Gasteiger partial charge in [0.1, 0.15) is 0 Å². The minimum atomic E-state index is 0.0437. The summed E-state index contributed by atoms with van der Waals surface area (Å²) in [7, 11) is 0. The van der Waals surface area contributed by atoms with E-state index < -0.39 is 0 Å². The average Bonchev–Trinajstić information content (AvgIpc) is 2.25. The van der Waals surface area contributed by atoms with Gasteiger partial charge in [-0.15, -0.1) is 0 Å². The number of aliphatic imine (C=N–C) groups is 2. The molecule has 3 heteroatoms. The van der Waals surface area contributed by atoms with Gasteiger partial charge in [0.05, 0.1) is 5.37 Å². The van der Waals surface area contributed by atoms with Gasteiger partial charge < -0.3 is 0 Å². The molecule has 1 unspecified atom stereocenters. The molecule has 2 nitrogen and oxygen atoms in total. The summed E-state index contributed by atoms with van der Waals surface area (Å²) >= 11 is 4.19. The predicted molar refractivity (Wildman–Crippen MR) is 75.2 cm³/mol. The highest BCUT2D eigenvalue weighted by Crippen LogP contribution is 2.02. The van der Waals surface area contributed by atoms with Crippen molar-refractivity contribution in [2.24, 2.45) is 9.98 Å². The van der Waals surface area contributed by atoms with Crippen LogP contribution in [0.15, 0.2) is 34.3 Å². The second-order valence-electron chi connectivity index (χ2n) is 3.95. The fourth-order valence-corrected chi connectivity index (χ4v) is 1.16. The first-order valence-electron chi connectivity index (χ1n) is 5.42. The Morgan fingerprint density at radius 1 is 0.938 bits per heavy atom. The van der Waals surface area contributed by atoms with Gasteiger partial charge in [-0.3, -0.25) is 9.98 Å². The topological polar surface area (TPSA) is 24.7 Å². The summed E-state index contributed by atoms with van der Waals surface area (Å²) in [5, 5.41) is 0.0437. The van der Waals surface area contributed by atoms with E-state index in [2.05, 4.69) is 36.5 Å². The van der Waals surface area contributed by atoms with Crippen LogP contribution >= 0.6 is 12.6 Å². The minimum absolute atomic E-state index is 0.0437. The molecule has 0 N–H and O–H groups in total. The summed E-state index contributed by atoms with van der Waals surface area (Å²) in [6, 6.07) is 8.47. The largest absolute Gasteiger partial charge is 0.290 e. The Morgan fingerprint density at radius 3 is 1.75 bits per heavy atom. The zero-order chi connectivity index (χ0) is 12.0. The molecule has 1 rings (SSSR count). The molecular weight excluding hydrogens is 216 g/mol. The Bertz CT molecular complexity index is 327. The molecule has 0 heterocycles. The van der Waals surface area contributed by atoms with E-state index in [1.807, 2.05) is 43.6 Å². The standard InChI is InChI=1S/C13H18N2S/c1-10(2)14-8-12-4-6-13(7-5-12)9-15-11(3)16/h4-11,16H,1-3H3/b14-8+,15-9+. The number of nitrogens with zero attached hydrogens (tertiary/aromatic N) is 2. The fraction of sp³-hybridized carbons (Fsp3) is 0.385. The van der Waals surface area contributed by atoms with E-state index in [4.69, 9.17) is 0 Å². The Morgan fingerprint density at radius 2 is 1.38 bits per heavy atom. The Balaban J connectivity index is 2.68. The number of benzene rings is 1. The molecule has 0 amide bonds. The molecule has 0 aliphatic rings. The van der Waals surface area contributed by atoms with Gasteiger partial charge in [-0.1, -0.05) is 24.3 Å². The molecule has 0 aliphatic carbocycles. The van der Waals surface area contributed by atoms with Crippen LogP contribution in [0.1, 0.15) is 31.9 Å². The number of rotatable bonds is 4. The maximum atomic E-state index is 4.33. The molecule has 0 fully saturated rings. The van der Waals surface area contributed by atoms with Crippen LogP contribution in [0.2, 0.25) is 0 Å². The van der Waals surface area contributed by atoms with Crippen molar-refractivity contribution in [1.82, 2.24) is 0 Å². The molecule has 1 aromatic rings. The van der Waals surface area contributed by atoms with Gasteiger partial charge in [0, 0.05) is 18.5 Å². The molecule has 0 saturated carbocycles. The third-order valence-corrected chi connectivity index (χ3v) is 2.03. The van der Waals surface area contributed by atoms with Crippen LogP contribution in [0.5, 0.6) is 0 Å². The Labute approximate surface area is 103 Å². The third kappa shape index (κ3) is 5.12. The van der Waals surface area contributed by atoms with Crippen molar-refractivity contribution in [3.05, 3.63) is 35.4 Å². The van der Waals surface area contributed by atoms with E-state index in [0.29, 0.717) is 6.04 Å². The monoisotopic (exact) mass is 234 g/mol. The van der Waals surface area contributed by atoms with Crippen molar-refractivity contribution < 1.29 is 0 Å². The Kier molecular flexibility index (Phi) is 5.26. The van der Waals surface area contributed by atoms with Crippen molar-refractivity contribution in [1.29, 1.82) is 0 Å². The second-order valence-corrected chi connectivity index (χ2v) is 4.70. The van der Waals surface area contributed by atoms with Crippen LogP contribution in [-0.4, -0.2) is 23.8 Å². The molecule has 0 bridgehead atoms. The van der Waals surface area contributed by atoms with Gasteiger partial charge in [-0.05, 0) is 31.9 Å². The zero-order valence-corrected chi connectivity index (χ0v) is 10.9. The molecule has 16 heavy (non-hydrogen) atoms. The lowest BCUT2D eigenvalue weighted by Crippen LogP contribution is -1.91. The lowest BCUT2D eigenvalue weighted by atomic mass is 10.1. The quantitative estimate of drug-likeness (QED) is 0.611. The third-order valence-electron chi connectivity index (χ3n) is 1.90. The maximum Gasteiger partial charge on any atom is 0.0895 e. The number of hydrogen-bond acceptors (Lipinski definition) is 3. The van der Waals surface area contributed by atoms with Crippen LogP contribution in [0, 0.1) is 0 Å². The van der Waals surface area contributed by atoms with Crippen molar-refractivity contribution in [2.45, 2.75) is 32.2 Å². The van der Waals surface area contributed by atoms with Crippen LogP contribution < -0.4 is 0 Å². The zero-order valence-electron chi connectivity index (χ0n) is 9.96. The van der Waals surface area contributed by atoms with E-state index in [-0.39, 0.29) is 5.37 Å². The second kappa shape index (κ2) is 6.48. The van der Waals surface area contributed by atoms with Crippen LogP contribution in [0.25, 0.3) is 0 Å². The number of thiol groups is 1. The first-order chi connectivity index (χ1) is 7.58. The molecule has 0 spiro atoms. The SMILES string of the molecule is CC(C)/N=C/c1ccc(/C=N/C(C)S)cc1. The highest BCUT2D eigenvalue weighted by atomic mass is 32.1. The van der Waals surface area contributed by atoms with Crippen LogP contribution in [0.3, 0.4) is 0 Å². The highest BCUT2D eigenvalue weighted by Gasteiger charge is 1.91. The molecule has 0 aromatic heterocycles.